The number of alkyl halides is 3. The molecule has 0 radical (unpaired) electrons. The summed E-state index contributed by atoms with van der Waals surface area (Å²) in [4.78, 5) is 27.0. The second-order valence-corrected chi connectivity index (χ2v) is 9.90. The number of carbonyl (C=O) groups is 2. The Balaban J connectivity index is 1.39. The van der Waals surface area contributed by atoms with Crippen molar-refractivity contribution in [3.8, 4) is 11.5 Å². The zero-order valence-corrected chi connectivity index (χ0v) is 21.9. The molecule has 1 fully saturated rings. The first-order valence-electron chi connectivity index (χ1n) is 10.9. The van der Waals surface area contributed by atoms with Gasteiger partial charge in [0.25, 0.3) is 11.8 Å². The predicted molar refractivity (Wildman–Crippen MR) is 146 cm³/mol. The fourth-order valence-corrected chi connectivity index (χ4v) is 4.95. The highest BCUT2D eigenvalue weighted by Crippen LogP contribution is 2.37. The number of methoxy groups -OCH3 is 1. The molecule has 0 saturated carbocycles. The van der Waals surface area contributed by atoms with Crippen molar-refractivity contribution in [3.63, 3.8) is 0 Å². The molecule has 0 bridgehead atoms. The monoisotopic (exact) mass is 578 g/mol. The van der Waals surface area contributed by atoms with E-state index >= 15 is 0 Å². The molecule has 1 aliphatic heterocycles. The second kappa shape index (κ2) is 11.5. The van der Waals surface area contributed by atoms with Crippen LogP contribution >= 0.6 is 35.6 Å². The van der Waals surface area contributed by atoms with Gasteiger partial charge in [-0.05, 0) is 66.2 Å². The van der Waals surface area contributed by atoms with Crippen LogP contribution in [-0.2, 0) is 15.8 Å². The number of thiocarbonyl (C=S) groups is 1. The number of nitrogens with zero attached hydrogens (tertiary/aromatic N) is 1. The van der Waals surface area contributed by atoms with E-state index < -0.39 is 24.3 Å². The molecule has 0 atom stereocenters. The van der Waals surface area contributed by atoms with E-state index in [9.17, 15) is 22.8 Å². The lowest BCUT2D eigenvalue weighted by Gasteiger charge is -2.14. The lowest BCUT2D eigenvalue weighted by atomic mass is 10.2. The Morgan fingerprint density at radius 3 is 2.53 bits per heavy atom. The highest BCUT2D eigenvalue weighted by Gasteiger charge is 2.33. The number of rotatable bonds is 7. The van der Waals surface area contributed by atoms with Crippen molar-refractivity contribution in [2.75, 3.05) is 23.9 Å². The van der Waals surface area contributed by atoms with Crippen molar-refractivity contribution >= 4 is 69.2 Å². The summed E-state index contributed by atoms with van der Waals surface area (Å²) in [5.74, 6) is -0.104. The molecule has 1 saturated heterocycles. The van der Waals surface area contributed by atoms with Gasteiger partial charge in [-0.2, -0.15) is 13.2 Å². The van der Waals surface area contributed by atoms with Crippen LogP contribution in [0.15, 0.2) is 71.6 Å². The highest BCUT2D eigenvalue weighted by atomic mass is 35.5. The van der Waals surface area contributed by atoms with E-state index in [0.29, 0.717) is 26.2 Å². The van der Waals surface area contributed by atoms with Crippen molar-refractivity contribution in [3.05, 3.63) is 87.8 Å². The Hall–Kier alpha value is -3.54. The zero-order chi connectivity index (χ0) is 27.4. The van der Waals surface area contributed by atoms with Crippen LogP contribution in [0.2, 0.25) is 5.02 Å². The number of hydrogen-bond donors (Lipinski definition) is 1. The number of amides is 2. The number of halogens is 4. The molecule has 1 heterocycles. The standard InChI is InChI=1S/C26H18ClF3N2O4S2/c1-35-19-8-6-18(7-9-19)32-24(34)22(38-25(32)37)12-15-5-10-21(20(27)11-15)36-14-23(33)31-17-4-2-3-16(13-17)26(28,29)30/h2-13H,14H2,1H3,(H,31,33)/b22-12-. The number of benzene rings is 3. The van der Waals surface area contributed by atoms with Gasteiger partial charge in [-0.3, -0.25) is 14.5 Å². The maximum absolute atomic E-state index is 13.0. The summed E-state index contributed by atoms with van der Waals surface area (Å²) in [6.07, 6.45) is -2.89. The molecule has 38 heavy (non-hydrogen) atoms. The second-order valence-electron chi connectivity index (χ2n) is 7.82. The molecule has 3 aromatic carbocycles. The molecule has 6 nitrogen and oxygen atoms in total. The Morgan fingerprint density at radius 2 is 1.87 bits per heavy atom. The van der Waals surface area contributed by atoms with Crippen molar-refractivity contribution in [1.82, 2.24) is 0 Å². The Bertz CT molecular complexity index is 1430. The van der Waals surface area contributed by atoms with E-state index in [1.54, 1.807) is 49.6 Å². The summed E-state index contributed by atoms with van der Waals surface area (Å²) < 4.78 is 49.5. The maximum atomic E-state index is 13.0. The molecule has 0 aromatic heterocycles. The average molecular weight is 579 g/mol. The van der Waals surface area contributed by atoms with Gasteiger partial charge in [0.05, 0.1) is 28.3 Å². The lowest BCUT2D eigenvalue weighted by molar-refractivity contribution is -0.137. The normalized spacial score (nSPS) is 14.7. The van der Waals surface area contributed by atoms with Gasteiger partial charge in [0.15, 0.2) is 10.9 Å². The molecule has 0 spiro atoms. The highest BCUT2D eigenvalue weighted by molar-refractivity contribution is 8.27. The van der Waals surface area contributed by atoms with E-state index in [-0.39, 0.29) is 22.4 Å². The fraction of sp³-hybridized carbons (Fsp3) is 0.115. The summed E-state index contributed by atoms with van der Waals surface area (Å²) >= 11 is 12.8. The minimum absolute atomic E-state index is 0.0122. The molecule has 12 heteroatoms. The smallest absolute Gasteiger partial charge is 0.416 e. The molecule has 196 valence electrons. The minimum atomic E-state index is -4.53. The summed E-state index contributed by atoms with van der Waals surface area (Å²) in [6, 6.07) is 15.9. The molecule has 2 amide bonds. The van der Waals surface area contributed by atoms with Gasteiger partial charge in [0.2, 0.25) is 0 Å². The summed E-state index contributed by atoms with van der Waals surface area (Å²) in [5.41, 5.74) is 0.325. The van der Waals surface area contributed by atoms with Crippen LogP contribution in [0.3, 0.4) is 0 Å². The molecule has 0 unspecified atom stereocenters. The van der Waals surface area contributed by atoms with Gasteiger partial charge in [-0.15, -0.1) is 0 Å². The number of thioether (sulfide) groups is 1. The molecule has 3 aromatic rings. The average Bonchev–Trinajstić information content (AvgIpc) is 3.15. The number of hydrogen-bond acceptors (Lipinski definition) is 6. The maximum Gasteiger partial charge on any atom is 0.416 e. The first-order chi connectivity index (χ1) is 18.0. The topological polar surface area (TPSA) is 67.9 Å². The van der Waals surface area contributed by atoms with Crippen LogP contribution in [0, 0.1) is 0 Å². The fourth-order valence-electron chi connectivity index (χ4n) is 3.41. The van der Waals surface area contributed by atoms with Crippen LogP contribution in [0.5, 0.6) is 11.5 Å². The van der Waals surface area contributed by atoms with E-state index in [1.165, 1.54) is 23.1 Å². The van der Waals surface area contributed by atoms with Gasteiger partial charge in [-0.25, -0.2) is 0 Å². The zero-order valence-electron chi connectivity index (χ0n) is 19.5. The third-order valence-corrected chi connectivity index (χ3v) is 6.81. The Labute approximate surface area is 230 Å². The first kappa shape index (κ1) is 27.5. The van der Waals surface area contributed by atoms with Crippen LogP contribution in [-0.4, -0.2) is 29.9 Å². The van der Waals surface area contributed by atoms with Gasteiger partial charge in [0, 0.05) is 5.69 Å². The number of nitrogens with one attached hydrogen (secondary N) is 1. The van der Waals surface area contributed by atoms with E-state index in [4.69, 9.17) is 33.3 Å². The Morgan fingerprint density at radius 1 is 1.13 bits per heavy atom. The van der Waals surface area contributed by atoms with Gasteiger partial charge in [0.1, 0.15) is 11.5 Å². The third-order valence-electron chi connectivity index (χ3n) is 5.21. The van der Waals surface area contributed by atoms with Crippen LogP contribution < -0.4 is 19.7 Å². The van der Waals surface area contributed by atoms with E-state index in [0.717, 1.165) is 23.9 Å². The van der Waals surface area contributed by atoms with Gasteiger partial charge in [-0.1, -0.05) is 47.7 Å². The van der Waals surface area contributed by atoms with Crippen LogP contribution in [0.4, 0.5) is 24.5 Å². The van der Waals surface area contributed by atoms with Crippen molar-refractivity contribution in [2.24, 2.45) is 0 Å². The van der Waals surface area contributed by atoms with E-state index in [1.807, 2.05) is 0 Å². The van der Waals surface area contributed by atoms with Crippen LogP contribution in [0.1, 0.15) is 11.1 Å². The molecule has 4 rings (SSSR count). The van der Waals surface area contributed by atoms with E-state index in [2.05, 4.69) is 5.32 Å². The SMILES string of the molecule is COc1ccc(N2C(=O)/C(=C/c3ccc(OCC(=O)Nc4cccc(C(F)(F)F)c4)c(Cl)c3)SC2=S)cc1. The molecule has 0 aliphatic carbocycles. The number of ether oxygens (including phenoxy) is 2. The number of anilines is 2. The predicted octanol–water partition coefficient (Wildman–Crippen LogP) is 6.79. The van der Waals surface area contributed by atoms with Crippen molar-refractivity contribution in [2.45, 2.75) is 6.18 Å². The summed E-state index contributed by atoms with van der Waals surface area (Å²) in [5, 5.41) is 2.53. The number of carbonyl (C=O) groups excluding carboxylic acids is 2. The largest absolute Gasteiger partial charge is 0.497 e. The molecule has 1 N–H and O–H groups in total. The molecular formula is C26H18ClF3N2O4S2. The molecule has 1 aliphatic rings. The Kier molecular flexibility index (Phi) is 8.29. The van der Waals surface area contributed by atoms with Crippen molar-refractivity contribution in [1.29, 1.82) is 0 Å². The minimum Gasteiger partial charge on any atom is -0.497 e. The lowest BCUT2D eigenvalue weighted by Crippen LogP contribution is -2.27. The van der Waals surface area contributed by atoms with Crippen molar-refractivity contribution < 1.29 is 32.2 Å². The summed E-state index contributed by atoms with van der Waals surface area (Å²) in [7, 11) is 1.55. The quantitative estimate of drug-likeness (QED) is 0.246. The third kappa shape index (κ3) is 6.47. The first-order valence-corrected chi connectivity index (χ1v) is 12.5. The van der Waals surface area contributed by atoms with Gasteiger partial charge < -0.3 is 14.8 Å². The van der Waals surface area contributed by atoms with Crippen LogP contribution in [0.25, 0.3) is 6.08 Å². The summed E-state index contributed by atoms with van der Waals surface area (Å²) in [6.45, 7) is -0.476. The van der Waals surface area contributed by atoms with Gasteiger partial charge >= 0.3 is 6.18 Å². The molecular weight excluding hydrogens is 561 g/mol.